The van der Waals surface area contributed by atoms with E-state index in [9.17, 15) is 19.1 Å². The van der Waals surface area contributed by atoms with Crippen molar-refractivity contribution in [2.24, 2.45) is 0 Å². The lowest BCUT2D eigenvalue weighted by atomic mass is 10.3. The van der Waals surface area contributed by atoms with E-state index in [0.717, 1.165) is 4.90 Å². The van der Waals surface area contributed by atoms with Crippen molar-refractivity contribution < 1.29 is 23.8 Å². The summed E-state index contributed by atoms with van der Waals surface area (Å²) in [6.07, 6.45) is -1.00. The maximum absolute atomic E-state index is 12.6. The normalized spacial score (nSPS) is 16.4. The molecule has 0 spiro atoms. The summed E-state index contributed by atoms with van der Waals surface area (Å²) >= 11 is 0. The summed E-state index contributed by atoms with van der Waals surface area (Å²) in [5.74, 6) is -0.365. The Morgan fingerprint density at radius 1 is 1.37 bits per heavy atom. The first-order valence-electron chi connectivity index (χ1n) is 5.71. The van der Waals surface area contributed by atoms with Crippen LogP contribution in [0.25, 0.3) is 0 Å². The summed E-state index contributed by atoms with van der Waals surface area (Å²) in [4.78, 5) is 23.4. The van der Waals surface area contributed by atoms with Crippen LogP contribution in [-0.2, 0) is 4.79 Å². The molecule has 1 heterocycles. The molecule has 2 rings (SSSR count). The number of hydrogen-bond donors (Lipinski definition) is 2. The van der Waals surface area contributed by atoms with Gasteiger partial charge < -0.3 is 15.2 Å². The van der Waals surface area contributed by atoms with Gasteiger partial charge in [0.25, 0.3) is 0 Å². The predicted molar refractivity (Wildman–Crippen MR) is 63.0 cm³/mol. The lowest BCUT2D eigenvalue weighted by Gasteiger charge is -2.17. The predicted octanol–water partition coefficient (Wildman–Crippen LogP) is 0.117. The number of hydrogen-bond acceptors (Lipinski definition) is 4. The van der Waals surface area contributed by atoms with Crippen LogP contribution in [0, 0.1) is 5.82 Å². The van der Waals surface area contributed by atoms with Crippen LogP contribution >= 0.6 is 0 Å². The Balaban J connectivity index is 1.81. The van der Waals surface area contributed by atoms with E-state index >= 15 is 0 Å². The first kappa shape index (κ1) is 13.3. The Kier molecular flexibility index (Phi) is 3.96. The number of aliphatic hydroxyl groups is 1. The van der Waals surface area contributed by atoms with E-state index in [2.05, 4.69) is 5.32 Å². The van der Waals surface area contributed by atoms with Crippen molar-refractivity contribution in [3.63, 3.8) is 0 Å². The molecule has 1 atom stereocenters. The van der Waals surface area contributed by atoms with Crippen molar-refractivity contribution in [1.82, 2.24) is 10.2 Å². The zero-order valence-electron chi connectivity index (χ0n) is 10.0. The number of ether oxygens (including phenoxy) is 1. The van der Waals surface area contributed by atoms with Gasteiger partial charge in [-0.15, -0.1) is 0 Å². The molecule has 6 nitrogen and oxygen atoms in total. The number of halogens is 1. The molecule has 0 aliphatic carbocycles. The maximum atomic E-state index is 12.6. The number of urea groups is 1. The molecular weight excluding hydrogens is 255 g/mol. The van der Waals surface area contributed by atoms with Gasteiger partial charge in [-0.3, -0.25) is 9.69 Å². The second kappa shape index (κ2) is 5.66. The SMILES string of the molecule is O=C1CNC(=O)N1CC(O)COc1ccc(F)cc1. The Labute approximate surface area is 108 Å². The van der Waals surface area contributed by atoms with Crippen molar-refractivity contribution in [3.05, 3.63) is 30.1 Å². The summed E-state index contributed by atoms with van der Waals surface area (Å²) in [5.41, 5.74) is 0. The number of nitrogens with zero attached hydrogens (tertiary/aromatic N) is 1. The van der Waals surface area contributed by atoms with E-state index in [1.165, 1.54) is 24.3 Å². The molecule has 7 heteroatoms. The molecule has 1 aliphatic heterocycles. The first-order chi connectivity index (χ1) is 9.06. The van der Waals surface area contributed by atoms with E-state index in [1.54, 1.807) is 0 Å². The quantitative estimate of drug-likeness (QED) is 0.743. The fraction of sp³-hybridized carbons (Fsp3) is 0.333. The number of amides is 3. The maximum Gasteiger partial charge on any atom is 0.324 e. The minimum Gasteiger partial charge on any atom is -0.491 e. The molecule has 1 aliphatic rings. The largest absolute Gasteiger partial charge is 0.491 e. The van der Waals surface area contributed by atoms with Crippen molar-refractivity contribution in [2.75, 3.05) is 19.7 Å². The van der Waals surface area contributed by atoms with Crippen molar-refractivity contribution >= 4 is 11.9 Å². The molecule has 0 bridgehead atoms. The number of carbonyl (C=O) groups excluding carboxylic acids is 2. The van der Waals surface area contributed by atoms with E-state index in [4.69, 9.17) is 4.74 Å². The average Bonchev–Trinajstić information content (AvgIpc) is 2.70. The van der Waals surface area contributed by atoms with E-state index in [0.29, 0.717) is 5.75 Å². The Bertz CT molecular complexity index is 461. The first-order valence-corrected chi connectivity index (χ1v) is 5.71. The van der Waals surface area contributed by atoms with Gasteiger partial charge in [0.2, 0.25) is 5.91 Å². The second-order valence-corrected chi connectivity index (χ2v) is 4.08. The molecule has 19 heavy (non-hydrogen) atoms. The van der Waals surface area contributed by atoms with Gasteiger partial charge in [0, 0.05) is 0 Å². The Hall–Kier alpha value is -2.15. The van der Waals surface area contributed by atoms with Gasteiger partial charge in [0.15, 0.2) is 0 Å². The van der Waals surface area contributed by atoms with E-state index in [1.807, 2.05) is 0 Å². The third-order valence-electron chi connectivity index (χ3n) is 2.59. The molecule has 1 aromatic rings. The van der Waals surface area contributed by atoms with Gasteiger partial charge in [-0.1, -0.05) is 0 Å². The van der Waals surface area contributed by atoms with Crippen LogP contribution in [0.15, 0.2) is 24.3 Å². The van der Waals surface area contributed by atoms with Gasteiger partial charge in [-0.25, -0.2) is 9.18 Å². The summed E-state index contributed by atoms with van der Waals surface area (Å²) in [6, 6.07) is 4.80. The van der Waals surface area contributed by atoms with Crippen LogP contribution in [-0.4, -0.2) is 47.7 Å². The molecule has 0 aromatic heterocycles. The monoisotopic (exact) mass is 268 g/mol. The third kappa shape index (κ3) is 3.41. The molecule has 102 valence electrons. The number of aliphatic hydroxyl groups excluding tert-OH is 1. The highest BCUT2D eigenvalue weighted by Crippen LogP contribution is 2.11. The molecule has 0 saturated carbocycles. The van der Waals surface area contributed by atoms with Crippen LogP contribution in [0.1, 0.15) is 0 Å². The van der Waals surface area contributed by atoms with Crippen molar-refractivity contribution in [1.29, 1.82) is 0 Å². The molecule has 1 aromatic carbocycles. The average molecular weight is 268 g/mol. The molecule has 2 N–H and O–H groups in total. The summed E-state index contributed by atoms with van der Waals surface area (Å²) < 4.78 is 17.9. The third-order valence-corrected chi connectivity index (χ3v) is 2.59. The number of rotatable bonds is 5. The lowest BCUT2D eigenvalue weighted by Crippen LogP contribution is -2.39. The summed E-state index contributed by atoms with van der Waals surface area (Å²) in [5, 5.41) is 12.0. The minimum absolute atomic E-state index is 0.0512. The number of β-amino-alcohol motifs (C(OH)–C–C–N with tert-alkyl or cyclic N) is 1. The van der Waals surface area contributed by atoms with Gasteiger partial charge >= 0.3 is 6.03 Å². The number of imide groups is 1. The van der Waals surface area contributed by atoms with Gasteiger partial charge in [0.1, 0.15) is 24.3 Å². The number of benzene rings is 1. The fourth-order valence-corrected chi connectivity index (χ4v) is 1.63. The van der Waals surface area contributed by atoms with Crippen LogP contribution in [0.5, 0.6) is 5.75 Å². The van der Waals surface area contributed by atoms with Gasteiger partial charge in [-0.2, -0.15) is 0 Å². The Morgan fingerprint density at radius 3 is 2.63 bits per heavy atom. The standard InChI is InChI=1S/C12H13FN2O4/c13-8-1-3-10(4-2-8)19-7-9(16)6-15-11(17)5-14-12(15)18/h1-4,9,16H,5-7H2,(H,14,18). The van der Waals surface area contributed by atoms with Crippen molar-refractivity contribution in [3.8, 4) is 5.75 Å². The van der Waals surface area contributed by atoms with Crippen LogP contribution in [0.4, 0.5) is 9.18 Å². The summed E-state index contributed by atoms with van der Waals surface area (Å²) in [6.45, 7) is -0.279. The second-order valence-electron chi connectivity index (χ2n) is 4.08. The molecule has 0 radical (unpaired) electrons. The van der Waals surface area contributed by atoms with Crippen LogP contribution in [0.2, 0.25) is 0 Å². The van der Waals surface area contributed by atoms with E-state index < -0.39 is 12.1 Å². The highest BCUT2D eigenvalue weighted by Gasteiger charge is 2.30. The van der Waals surface area contributed by atoms with Crippen LogP contribution in [0.3, 0.4) is 0 Å². The number of nitrogens with one attached hydrogen (secondary N) is 1. The highest BCUT2D eigenvalue weighted by atomic mass is 19.1. The lowest BCUT2D eigenvalue weighted by molar-refractivity contribution is -0.126. The topological polar surface area (TPSA) is 78.9 Å². The molecule has 3 amide bonds. The molecular formula is C12H13FN2O4. The van der Waals surface area contributed by atoms with E-state index in [-0.39, 0.29) is 31.4 Å². The van der Waals surface area contributed by atoms with Crippen LogP contribution < -0.4 is 10.1 Å². The minimum atomic E-state index is -1.00. The van der Waals surface area contributed by atoms with Gasteiger partial charge in [-0.05, 0) is 24.3 Å². The molecule has 1 unspecified atom stereocenters. The fourth-order valence-electron chi connectivity index (χ4n) is 1.63. The Morgan fingerprint density at radius 2 is 2.05 bits per heavy atom. The number of carbonyl (C=O) groups is 2. The molecule has 1 fully saturated rings. The highest BCUT2D eigenvalue weighted by molar-refractivity contribution is 6.01. The zero-order valence-corrected chi connectivity index (χ0v) is 10.0. The van der Waals surface area contributed by atoms with Crippen molar-refractivity contribution in [2.45, 2.75) is 6.10 Å². The zero-order chi connectivity index (χ0) is 13.8. The van der Waals surface area contributed by atoms with Gasteiger partial charge in [0.05, 0.1) is 13.1 Å². The smallest absolute Gasteiger partial charge is 0.324 e. The molecule has 1 saturated heterocycles. The summed E-state index contributed by atoms with van der Waals surface area (Å²) in [7, 11) is 0.